The van der Waals surface area contributed by atoms with Crippen LogP contribution in [0.4, 0.5) is 0 Å². The average molecular weight is 389 g/mol. The number of benzene rings is 1. The molecule has 142 valence electrons. The van der Waals surface area contributed by atoms with Crippen LogP contribution in [-0.4, -0.2) is 73.8 Å². The lowest BCUT2D eigenvalue weighted by atomic mass is 10.2. The van der Waals surface area contributed by atoms with Crippen LogP contribution in [0.5, 0.6) is 0 Å². The molecular formula is C18H21ClN6O2. The molecule has 1 saturated heterocycles. The predicted molar refractivity (Wildman–Crippen MR) is 103 cm³/mol. The Morgan fingerprint density at radius 1 is 1.07 bits per heavy atom. The van der Waals surface area contributed by atoms with Crippen molar-refractivity contribution in [1.29, 1.82) is 0 Å². The van der Waals surface area contributed by atoms with Crippen LogP contribution in [0.25, 0.3) is 17.2 Å². The lowest BCUT2D eigenvalue weighted by Gasteiger charge is -2.34. The number of β-amino-alcohol motifs (C(OH)–C–C–N with tert-alkyl or cyclic N) is 1. The Morgan fingerprint density at radius 3 is 2.48 bits per heavy atom. The van der Waals surface area contributed by atoms with Gasteiger partial charge in [0.1, 0.15) is 0 Å². The van der Waals surface area contributed by atoms with Crippen LogP contribution in [0.3, 0.4) is 0 Å². The minimum Gasteiger partial charge on any atom is -0.395 e. The molecule has 0 amide bonds. The summed E-state index contributed by atoms with van der Waals surface area (Å²) in [6, 6.07) is 8.80. The molecule has 1 fully saturated rings. The molecule has 0 radical (unpaired) electrons. The van der Waals surface area contributed by atoms with E-state index in [0.29, 0.717) is 35.4 Å². The van der Waals surface area contributed by atoms with Crippen molar-refractivity contribution in [2.45, 2.75) is 6.54 Å². The lowest BCUT2D eigenvalue weighted by Crippen LogP contribution is -2.46. The maximum absolute atomic E-state index is 12.5. The molecule has 2 N–H and O–H groups in total. The van der Waals surface area contributed by atoms with Gasteiger partial charge in [-0.25, -0.2) is 4.98 Å². The number of H-pyrrole nitrogens is 1. The van der Waals surface area contributed by atoms with Crippen LogP contribution in [0.2, 0.25) is 5.02 Å². The minimum atomic E-state index is -0.179. The fraction of sp³-hybridized carbons (Fsp3) is 0.389. The number of aromatic nitrogens is 4. The number of hydrogen-bond acceptors (Lipinski definition) is 6. The molecule has 0 spiro atoms. The molecule has 0 saturated carbocycles. The Labute approximate surface area is 161 Å². The molecule has 0 atom stereocenters. The van der Waals surface area contributed by atoms with Gasteiger partial charge in [-0.05, 0) is 24.3 Å². The summed E-state index contributed by atoms with van der Waals surface area (Å²) in [7, 11) is 0. The van der Waals surface area contributed by atoms with Gasteiger partial charge in [-0.1, -0.05) is 11.6 Å². The van der Waals surface area contributed by atoms with Gasteiger partial charge in [-0.2, -0.15) is 9.50 Å². The molecule has 0 aliphatic carbocycles. The highest BCUT2D eigenvalue weighted by molar-refractivity contribution is 6.30. The molecule has 2 aromatic heterocycles. The highest BCUT2D eigenvalue weighted by Crippen LogP contribution is 2.18. The largest absolute Gasteiger partial charge is 0.395 e. The van der Waals surface area contributed by atoms with E-state index in [9.17, 15) is 4.79 Å². The van der Waals surface area contributed by atoms with Crippen LogP contribution in [-0.2, 0) is 6.54 Å². The molecule has 1 aliphatic heterocycles. The number of halogens is 1. The van der Waals surface area contributed by atoms with Gasteiger partial charge in [0, 0.05) is 55.9 Å². The molecule has 1 aliphatic rings. The predicted octanol–water partition coefficient (Wildman–Crippen LogP) is 0.848. The van der Waals surface area contributed by atoms with E-state index in [-0.39, 0.29) is 12.2 Å². The first-order chi connectivity index (χ1) is 13.1. The molecule has 8 nitrogen and oxygen atoms in total. The third kappa shape index (κ3) is 4.03. The van der Waals surface area contributed by atoms with Crippen molar-refractivity contribution < 1.29 is 5.11 Å². The fourth-order valence-corrected chi connectivity index (χ4v) is 3.41. The number of aromatic amines is 1. The highest BCUT2D eigenvalue weighted by atomic mass is 35.5. The van der Waals surface area contributed by atoms with Gasteiger partial charge >= 0.3 is 0 Å². The number of piperazine rings is 1. The van der Waals surface area contributed by atoms with E-state index in [4.69, 9.17) is 16.7 Å². The summed E-state index contributed by atoms with van der Waals surface area (Å²) in [5.41, 5.74) is 1.37. The van der Waals surface area contributed by atoms with Crippen LogP contribution in [0.15, 0.2) is 35.1 Å². The first kappa shape index (κ1) is 18.1. The molecule has 9 heteroatoms. The molecule has 3 aromatic rings. The normalized spacial score (nSPS) is 16.2. The number of aliphatic hydroxyl groups is 1. The smallest absolute Gasteiger partial charge is 0.274 e. The van der Waals surface area contributed by atoms with E-state index in [1.807, 2.05) is 12.1 Å². The fourth-order valence-electron chi connectivity index (χ4n) is 3.29. The number of rotatable bonds is 5. The van der Waals surface area contributed by atoms with E-state index in [1.165, 1.54) is 4.52 Å². The molecule has 0 unspecified atom stereocenters. The summed E-state index contributed by atoms with van der Waals surface area (Å²) in [5.74, 6) is 0.937. The summed E-state index contributed by atoms with van der Waals surface area (Å²) in [5, 5.41) is 12.7. The van der Waals surface area contributed by atoms with Crippen LogP contribution < -0.4 is 5.56 Å². The van der Waals surface area contributed by atoms with Gasteiger partial charge in [-0.3, -0.25) is 19.7 Å². The number of fused-ring (bicyclic) bond motifs is 1. The van der Waals surface area contributed by atoms with Gasteiger partial charge < -0.3 is 5.11 Å². The Hall–Kier alpha value is -2.26. The average Bonchev–Trinajstić information content (AvgIpc) is 3.09. The van der Waals surface area contributed by atoms with Crippen LogP contribution in [0, 0.1) is 0 Å². The molecule has 3 heterocycles. The van der Waals surface area contributed by atoms with Crippen molar-refractivity contribution in [3.05, 3.63) is 51.4 Å². The van der Waals surface area contributed by atoms with Gasteiger partial charge in [0.25, 0.3) is 11.3 Å². The van der Waals surface area contributed by atoms with Crippen molar-refractivity contribution in [3.63, 3.8) is 0 Å². The lowest BCUT2D eigenvalue weighted by molar-refractivity contribution is 0.107. The van der Waals surface area contributed by atoms with E-state index in [0.717, 1.165) is 31.7 Å². The molecule has 4 rings (SSSR count). The van der Waals surface area contributed by atoms with Crippen LogP contribution in [0.1, 0.15) is 5.69 Å². The SMILES string of the molecule is O=c1cc(CN2CCN(CCO)CC2)nc2nc(-c3ccc(Cl)cc3)[nH]n12. The van der Waals surface area contributed by atoms with Gasteiger partial charge in [-0.15, -0.1) is 0 Å². The minimum absolute atomic E-state index is 0.179. The molecule has 1 aromatic carbocycles. The maximum atomic E-state index is 12.5. The van der Waals surface area contributed by atoms with Crippen molar-refractivity contribution in [2.24, 2.45) is 0 Å². The number of hydrogen-bond donors (Lipinski definition) is 2. The van der Waals surface area contributed by atoms with E-state index in [1.54, 1.807) is 18.2 Å². The summed E-state index contributed by atoms with van der Waals surface area (Å²) in [6.45, 7) is 5.09. The maximum Gasteiger partial charge on any atom is 0.274 e. The third-order valence-electron chi connectivity index (χ3n) is 4.77. The second-order valence-corrected chi connectivity index (χ2v) is 7.08. The quantitative estimate of drug-likeness (QED) is 0.673. The van der Waals surface area contributed by atoms with Crippen molar-refractivity contribution in [3.8, 4) is 11.4 Å². The summed E-state index contributed by atoms with van der Waals surface area (Å²) >= 11 is 5.92. The summed E-state index contributed by atoms with van der Waals surface area (Å²) in [6.07, 6.45) is 0. The summed E-state index contributed by atoms with van der Waals surface area (Å²) in [4.78, 5) is 26.0. The van der Waals surface area contributed by atoms with Gasteiger partial charge in [0.05, 0.1) is 12.3 Å². The topological polar surface area (TPSA) is 89.8 Å². The second kappa shape index (κ2) is 7.77. The Bertz CT molecular complexity index is 976. The van der Waals surface area contributed by atoms with Crippen LogP contribution >= 0.6 is 11.6 Å². The van der Waals surface area contributed by atoms with Crippen molar-refractivity contribution >= 4 is 17.4 Å². The standard InChI is InChI=1S/C18H21ClN6O2/c19-14-3-1-13(2-4-14)17-21-18-20-15(11-16(27)25(18)22-17)12-24-7-5-23(6-8-24)9-10-26/h1-4,11,26H,5-10,12H2,(H,20,21,22). The van der Waals surface area contributed by atoms with Gasteiger partial charge in [0.15, 0.2) is 5.82 Å². The summed E-state index contributed by atoms with van der Waals surface area (Å²) < 4.78 is 1.35. The molecule has 27 heavy (non-hydrogen) atoms. The number of aliphatic hydroxyl groups excluding tert-OH is 1. The monoisotopic (exact) mass is 388 g/mol. The Balaban J connectivity index is 1.53. The number of nitrogens with one attached hydrogen (secondary N) is 1. The Kier molecular flexibility index (Phi) is 5.22. The van der Waals surface area contributed by atoms with Crippen molar-refractivity contribution in [2.75, 3.05) is 39.3 Å². The first-order valence-corrected chi connectivity index (χ1v) is 9.30. The molecular weight excluding hydrogens is 368 g/mol. The zero-order valence-corrected chi connectivity index (χ0v) is 15.6. The highest BCUT2D eigenvalue weighted by Gasteiger charge is 2.18. The van der Waals surface area contributed by atoms with E-state index < -0.39 is 0 Å². The van der Waals surface area contributed by atoms with Crippen molar-refractivity contribution in [1.82, 2.24) is 29.4 Å². The first-order valence-electron chi connectivity index (χ1n) is 8.92. The third-order valence-corrected chi connectivity index (χ3v) is 5.02. The molecule has 0 bridgehead atoms. The number of nitrogens with zero attached hydrogens (tertiary/aromatic N) is 5. The van der Waals surface area contributed by atoms with E-state index in [2.05, 4.69) is 24.9 Å². The second-order valence-electron chi connectivity index (χ2n) is 6.64. The van der Waals surface area contributed by atoms with E-state index >= 15 is 0 Å². The zero-order chi connectivity index (χ0) is 18.8. The zero-order valence-electron chi connectivity index (χ0n) is 14.8. The Morgan fingerprint density at radius 2 is 1.78 bits per heavy atom. The van der Waals surface area contributed by atoms with Gasteiger partial charge in [0.2, 0.25) is 0 Å².